The normalized spacial score (nSPS) is 51.0. The third-order valence-corrected chi connectivity index (χ3v) is 14.4. The highest BCUT2D eigenvalue weighted by molar-refractivity contribution is 7.83. The maximum atomic E-state index is 13.3. The van der Waals surface area contributed by atoms with Crippen LogP contribution in [0.3, 0.4) is 0 Å². The molecule has 13 heteroatoms. The molecule has 0 spiro atoms. The number of aliphatic hydroxyl groups excluding tert-OH is 3. The number of aliphatic hydroxyl groups is 3. The average Bonchev–Trinajstić information content (AvgIpc) is 2.92. The molecule has 4 fully saturated rings. The number of carbonyl (C=O) groups excluding carboxylic acids is 2. The maximum Gasteiger partial charge on any atom is 0.333 e. The smallest absolute Gasteiger partial charge is 0.333 e. The van der Waals surface area contributed by atoms with Crippen molar-refractivity contribution in [3.05, 3.63) is 23.3 Å². The molecule has 0 aromatic carbocycles. The van der Waals surface area contributed by atoms with Gasteiger partial charge in [-0.25, -0.2) is 4.79 Å². The van der Waals surface area contributed by atoms with Crippen LogP contribution in [0.4, 0.5) is 0 Å². The van der Waals surface area contributed by atoms with Gasteiger partial charge >= 0.3 is 11.9 Å². The quantitative estimate of drug-likeness (QED) is 0.108. The van der Waals surface area contributed by atoms with E-state index >= 15 is 0 Å². The van der Waals surface area contributed by atoms with Gasteiger partial charge in [0.2, 0.25) is 0 Å². The molecule has 4 saturated carbocycles. The molecule has 0 saturated heterocycles. The summed E-state index contributed by atoms with van der Waals surface area (Å²) in [6.07, 6.45) is 6.35. The molecule has 232 valence electrons. The van der Waals surface area contributed by atoms with Gasteiger partial charge in [-0.15, -0.1) is 0 Å². The Balaban J connectivity index is 1.64. The monoisotopic (exact) mass is 608 g/mol. The first-order valence-corrected chi connectivity index (χ1v) is 16.8. The lowest BCUT2D eigenvalue weighted by Crippen LogP contribution is -2.72. The van der Waals surface area contributed by atoms with Crippen LogP contribution >= 0.6 is 12.6 Å². The van der Waals surface area contributed by atoms with Crippen LogP contribution in [0.25, 0.3) is 0 Å². The van der Waals surface area contributed by atoms with Crippen LogP contribution in [0.15, 0.2) is 23.3 Å². The van der Waals surface area contributed by atoms with Crippen LogP contribution < -0.4 is 0 Å². The minimum atomic E-state index is -1.26. The molecule has 5 rings (SSSR count). The summed E-state index contributed by atoms with van der Waals surface area (Å²) in [5.74, 6) is -0.316. The molecule has 0 aromatic heterocycles. The largest absolute Gasteiger partial charge is 0.458 e. The van der Waals surface area contributed by atoms with Crippen molar-refractivity contribution in [1.29, 1.82) is 0 Å². The number of thiol groups is 1. The van der Waals surface area contributed by atoms with Crippen LogP contribution in [0.1, 0.15) is 65.7 Å². The van der Waals surface area contributed by atoms with Crippen molar-refractivity contribution in [1.82, 2.24) is 0 Å². The Labute approximate surface area is 267 Å². The fourth-order valence-electron chi connectivity index (χ4n) is 11.1. The zero-order valence-corrected chi connectivity index (χ0v) is 28.2. The molecule has 7 nitrogen and oxygen atoms in total. The molecule has 13 atom stereocenters. The van der Waals surface area contributed by atoms with Crippen molar-refractivity contribution in [3.8, 4) is 0 Å². The van der Waals surface area contributed by atoms with Crippen molar-refractivity contribution in [2.45, 2.75) is 117 Å². The first-order chi connectivity index (χ1) is 19.9. The van der Waals surface area contributed by atoms with Crippen molar-refractivity contribution < 1.29 is 34.4 Å². The van der Waals surface area contributed by atoms with E-state index in [0.717, 1.165) is 32.1 Å². The Bertz CT molecular complexity index is 1230. The Kier molecular flexibility index (Phi) is 8.57. The van der Waals surface area contributed by atoms with E-state index in [1.54, 1.807) is 19.9 Å². The van der Waals surface area contributed by atoms with Gasteiger partial charge in [-0.05, 0) is 68.4 Å². The number of rotatable bonds is 4. The Hall–Kier alpha value is -1.03. The lowest BCUT2D eigenvalue weighted by Gasteiger charge is -2.72. The van der Waals surface area contributed by atoms with Gasteiger partial charge in [0, 0.05) is 23.2 Å². The second-order valence-electron chi connectivity index (χ2n) is 15.7. The highest BCUT2D eigenvalue weighted by Gasteiger charge is 2.72. The van der Waals surface area contributed by atoms with Gasteiger partial charge in [0.05, 0.1) is 18.1 Å². The number of fused-ring (bicyclic) bond motifs is 7. The number of carbonyl (C=O) groups is 2. The van der Waals surface area contributed by atoms with E-state index in [1.165, 1.54) is 12.5 Å². The molecule has 0 aliphatic heterocycles. The van der Waals surface area contributed by atoms with Crippen LogP contribution in [0.5, 0.6) is 0 Å². The summed E-state index contributed by atoms with van der Waals surface area (Å²) in [6, 6.07) is 0. The Morgan fingerprint density at radius 2 is 1.74 bits per heavy atom. The summed E-state index contributed by atoms with van der Waals surface area (Å²) in [5.41, 5.74) is 0.351. The predicted molar refractivity (Wildman–Crippen MR) is 184 cm³/mol. The molecule has 3 N–H and O–H groups in total. The van der Waals surface area contributed by atoms with E-state index in [2.05, 4.69) is 37.5 Å². The van der Waals surface area contributed by atoms with E-state index in [9.17, 15) is 24.9 Å². The standard InChI is InChI=1S/C30H49B5O7S/c1-4-14(2)25(40)42-23-24(41-15(3)37)30(35,43)11-18-16-5-6-20-27(32)9-8-19(38)22(31)17(27)7-10-28(20,33)29(16,34)12-21(39)26(18,23)13-36/h4-5,17-24,36,38-39,43H,6-13,31-35H2,1-3H3/b14-4-/t17?,18?,19-,20?,21+,22+,23-,24-,26-,27+,28-,29-,30+/m0/s1. The van der Waals surface area contributed by atoms with Gasteiger partial charge in [0.1, 0.15) is 45.3 Å². The van der Waals surface area contributed by atoms with Gasteiger partial charge in [-0.1, -0.05) is 47.6 Å². The number of allylic oxidation sites excluding steroid dienone is 3. The first kappa shape index (κ1) is 33.3. The lowest BCUT2D eigenvalue weighted by molar-refractivity contribution is -0.225. The van der Waals surface area contributed by atoms with Gasteiger partial charge in [-0.2, -0.15) is 12.6 Å². The maximum absolute atomic E-state index is 13.3. The molecule has 0 bridgehead atoms. The zero-order valence-electron chi connectivity index (χ0n) is 27.4. The Morgan fingerprint density at radius 1 is 1.07 bits per heavy atom. The summed E-state index contributed by atoms with van der Waals surface area (Å²) in [6.45, 7) is 4.31. The van der Waals surface area contributed by atoms with Gasteiger partial charge in [0.25, 0.3) is 0 Å². The number of hydrogen-bond donors (Lipinski definition) is 4. The highest BCUT2D eigenvalue weighted by Crippen LogP contribution is 2.80. The van der Waals surface area contributed by atoms with Crippen molar-refractivity contribution in [2.24, 2.45) is 23.2 Å². The van der Waals surface area contributed by atoms with E-state index < -0.39 is 46.9 Å². The topological polar surface area (TPSA) is 113 Å². The number of hydrogen-bond acceptors (Lipinski definition) is 8. The van der Waals surface area contributed by atoms with Crippen LogP contribution in [-0.4, -0.2) is 102 Å². The van der Waals surface area contributed by atoms with Crippen LogP contribution in [0, 0.1) is 23.2 Å². The second kappa shape index (κ2) is 11.1. The van der Waals surface area contributed by atoms with Crippen molar-refractivity contribution >= 4 is 63.8 Å². The summed E-state index contributed by atoms with van der Waals surface area (Å²) < 4.78 is 11.1. The molecular formula is C30H49B5O7S. The molecule has 3 unspecified atom stereocenters. The van der Waals surface area contributed by atoms with Crippen molar-refractivity contribution in [3.63, 3.8) is 0 Å². The van der Waals surface area contributed by atoms with Gasteiger partial charge in [-0.3, -0.25) is 4.79 Å². The molecule has 5 aliphatic rings. The fourth-order valence-corrected chi connectivity index (χ4v) is 11.5. The minimum Gasteiger partial charge on any atom is -0.458 e. The fraction of sp³-hybridized carbons (Fsp3) is 0.800. The van der Waals surface area contributed by atoms with Crippen LogP contribution in [0.2, 0.25) is 21.8 Å². The Morgan fingerprint density at radius 3 is 2.35 bits per heavy atom. The number of ether oxygens (including phenoxy) is 2. The summed E-state index contributed by atoms with van der Waals surface area (Å²) in [7, 11) is 11.3. The summed E-state index contributed by atoms with van der Waals surface area (Å²) in [4.78, 5) is 25.6. The second-order valence-corrected chi connectivity index (χ2v) is 16.8. The third kappa shape index (κ3) is 4.63. The number of esters is 2. The van der Waals surface area contributed by atoms with Gasteiger partial charge < -0.3 is 24.8 Å². The third-order valence-electron chi connectivity index (χ3n) is 13.9. The van der Waals surface area contributed by atoms with Crippen LogP contribution in [-0.2, 0) is 19.1 Å². The molecule has 0 aromatic rings. The SMILES string of the molecule is B[C@@H]1C2CC[C@]3(B)C(CC=C4C5C[C@@](B)(S)[C@@H](OC(C)=O)[C@H](OC(=O)/C(C)=C\C)[C@]5(CO)[C@H](O)C[C@]43B)[C@@]2(B)CC[C@@H]1O. The first-order valence-electron chi connectivity index (χ1n) is 16.4. The predicted octanol–water partition coefficient (Wildman–Crippen LogP) is -0.874. The lowest BCUT2D eigenvalue weighted by atomic mass is 9.22. The highest BCUT2D eigenvalue weighted by atomic mass is 32.1. The van der Waals surface area contributed by atoms with E-state index in [4.69, 9.17) is 22.1 Å². The molecular weight excluding hydrogens is 558 g/mol. The molecule has 0 amide bonds. The molecule has 0 radical (unpaired) electrons. The minimum absolute atomic E-state index is 0.0836. The summed E-state index contributed by atoms with van der Waals surface area (Å²) in [5, 5.41) is 34.0. The van der Waals surface area contributed by atoms with E-state index in [-0.39, 0.29) is 33.8 Å². The van der Waals surface area contributed by atoms with E-state index in [0.29, 0.717) is 30.3 Å². The molecule has 0 heterocycles. The van der Waals surface area contributed by atoms with Gasteiger partial charge in [0.15, 0.2) is 6.10 Å². The van der Waals surface area contributed by atoms with Crippen molar-refractivity contribution in [2.75, 3.05) is 6.61 Å². The van der Waals surface area contributed by atoms with E-state index in [1.807, 2.05) is 7.85 Å². The summed E-state index contributed by atoms with van der Waals surface area (Å²) >= 11 is 5.06. The molecule has 43 heavy (non-hydrogen) atoms. The zero-order chi connectivity index (χ0) is 31.9. The molecule has 5 aliphatic carbocycles. The average molecular weight is 608 g/mol.